The molecule has 0 amide bonds. The standard InChI is InChI=1S/C9H13BrO8/c1-3(11)17-9(10)7(14)5(13)4(12)6(18-9)8(15)16-2/h4-7,12-14H,1-2H3/t4-,5-,6-,7+,9-/m0/s1. The van der Waals surface area contributed by atoms with Crippen LogP contribution in [0.5, 0.6) is 0 Å². The van der Waals surface area contributed by atoms with Crippen molar-refractivity contribution in [2.45, 2.75) is 36.0 Å². The van der Waals surface area contributed by atoms with Gasteiger partial charge in [-0.15, -0.1) is 0 Å². The Morgan fingerprint density at radius 3 is 2.28 bits per heavy atom. The maximum atomic E-state index is 11.3. The van der Waals surface area contributed by atoms with E-state index in [1.165, 1.54) is 0 Å². The predicted octanol–water partition coefficient (Wildman–Crippen LogP) is -1.75. The van der Waals surface area contributed by atoms with E-state index in [0.717, 1.165) is 14.0 Å². The normalized spacial score (nSPS) is 40.1. The average Bonchev–Trinajstić information content (AvgIpc) is 2.29. The number of carbonyl (C=O) groups is 2. The Labute approximate surface area is 111 Å². The molecule has 0 radical (unpaired) electrons. The molecule has 0 aromatic carbocycles. The molecule has 0 aliphatic carbocycles. The van der Waals surface area contributed by atoms with Gasteiger partial charge in [0.05, 0.1) is 7.11 Å². The molecule has 0 bridgehead atoms. The Hall–Kier alpha value is -0.740. The van der Waals surface area contributed by atoms with E-state index in [4.69, 9.17) is 4.74 Å². The summed E-state index contributed by atoms with van der Waals surface area (Å²) in [6, 6.07) is 0. The zero-order valence-corrected chi connectivity index (χ0v) is 11.2. The molecule has 3 N–H and O–H groups in total. The van der Waals surface area contributed by atoms with Gasteiger partial charge < -0.3 is 29.5 Å². The molecular weight excluding hydrogens is 316 g/mol. The summed E-state index contributed by atoms with van der Waals surface area (Å²) in [6.07, 6.45) is -6.86. The SMILES string of the molecule is COC(=O)[C@H]1O[C@@](Br)(OC(C)=O)[C@H](O)[C@@H](O)[C@@H]1O. The lowest BCUT2D eigenvalue weighted by Gasteiger charge is -2.43. The van der Waals surface area contributed by atoms with E-state index in [1.54, 1.807) is 0 Å². The number of halogens is 1. The van der Waals surface area contributed by atoms with Gasteiger partial charge in [0.1, 0.15) is 12.2 Å². The highest BCUT2D eigenvalue weighted by molar-refractivity contribution is 9.10. The Morgan fingerprint density at radius 1 is 1.28 bits per heavy atom. The molecule has 1 saturated heterocycles. The van der Waals surface area contributed by atoms with Crippen LogP contribution in [0.2, 0.25) is 0 Å². The second kappa shape index (κ2) is 5.49. The Balaban J connectivity index is 3.00. The van der Waals surface area contributed by atoms with Crippen molar-refractivity contribution >= 4 is 27.9 Å². The van der Waals surface area contributed by atoms with Gasteiger partial charge in [-0.05, 0) is 15.9 Å². The summed E-state index contributed by atoms with van der Waals surface area (Å²) in [4.78, 5) is 22.2. The highest BCUT2D eigenvalue weighted by Crippen LogP contribution is 2.36. The van der Waals surface area contributed by atoms with E-state index in [2.05, 4.69) is 25.4 Å². The van der Waals surface area contributed by atoms with Crippen LogP contribution in [0.3, 0.4) is 0 Å². The Kier molecular flexibility index (Phi) is 4.67. The molecule has 1 rings (SSSR count). The molecule has 1 aliphatic heterocycles. The van der Waals surface area contributed by atoms with Crippen molar-refractivity contribution in [1.29, 1.82) is 0 Å². The number of methoxy groups -OCH3 is 1. The third-order valence-electron chi connectivity index (χ3n) is 2.34. The van der Waals surface area contributed by atoms with Crippen LogP contribution in [-0.4, -0.2) is 63.5 Å². The molecule has 0 aromatic rings. The lowest BCUT2D eigenvalue weighted by Crippen LogP contribution is -2.64. The van der Waals surface area contributed by atoms with Gasteiger partial charge >= 0.3 is 16.6 Å². The van der Waals surface area contributed by atoms with Crippen LogP contribution in [0.4, 0.5) is 0 Å². The lowest BCUT2D eigenvalue weighted by molar-refractivity contribution is -0.300. The molecule has 1 aliphatic rings. The van der Waals surface area contributed by atoms with Gasteiger partial charge in [0.25, 0.3) is 0 Å². The fourth-order valence-electron chi connectivity index (χ4n) is 1.47. The number of rotatable bonds is 2. The number of aliphatic hydroxyl groups is 3. The summed E-state index contributed by atoms with van der Waals surface area (Å²) in [6.45, 7) is 1.05. The molecule has 8 nitrogen and oxygen atoms in total. The smallest absolute Gasteiger partial charge is 0.338 e. The maximum Gasteiger partial charge on any atom is 0.338 e. The number of alkyl halides is 1. The monoisotopic (exact) mass is 328 g/mol. The van der Waals surface area contributed by atoms with Crippen molar-refractivity contribution in [1.82, 2.24) is 0 Å². The maximum absolute atomic E-state index is 11.3. The highest BCUT2D eigenvalue weighted by atomic mass is 79.9. The minimum Gasteiger partial charge on any atom is -0.467 e. The van der Waals surface area contributed by atoms with Crippen molar-refractivity contribution < 1.29 is 39.1 Å². The zero-order chi connectivity index (χ0) is 14.1. The molecular formula is C9H13BrO8. The topological polar surface area (TPSA) is 123 Å². The van der Waals surface area contributed by atoms with Crippen LogP contribution >= 0.6 is 15.9 Å². The fourth-order valence-corrected chi connectivity index (χ4v) is 2.17. The summed E-state index contributed by atoms with van der Waals surface area (Å²) in [5.74, 6) is -1.80. The van der Waals surface area contributed by atoms with Gasteiger partial charge in [-0.2, -0.15) is 0 Å². The third kappa shape index (κ3) is 2.81. The minimum atomic E-state index is -2.13. The van der Waals surface area contributed by atoms with Gasteiger partial charge in [-0.25, -0.2) is 4.79 Å². The molecule has 104 valence electrons. The van der Waals surface area contributed by atoms with Crippen LogP contribution in [-0.2, 0) is 23.8 Å². The third-order valence-corrected chi connectivity index (χ3v) is 3.16. The number of ether oxygens (including phenoxy) is 3. The van der Waals surface area contributed by atoms with Gasteiger partial charge in [0.2, 0.25) is 0 Å². The molecule has 0 spiro atoms. The number of carbonyl (C=O) groups excluding carboxylic acids is 2. The van der Waals surface area contributed by atoms with Crippen LogP contribution in [0.25, 0.3) is 0 Å². The first kappa shape index (κ1) is 15.3. The highest BCUT2D eigenvalue weighted by Gasteiger charge is 2.57. The summed E-state index contributed by atoms with van der Waals surface area (Å²) in [5, 5.41) is 28.9. The molecule has 1 fully saturated rings. The number of aliphatic hydroxyl groups excluding tert-OH is 3. The molecule has 18 heavy (non-hydrogen) atoms. The zero-order valence-electron chi connectivity index (χ0n) is 9.57. The number of esters is 2. The first-order valence-electron chi connectivity index (χ1n) is 4.91. The van der Waals surface area contributed by atoms with Crippen LogP contribution < -0.4 is 0 Å². The van der Waals surface area contributed by atoms with Gasteiger partial charge in [0, 0.05) is 6.92 Å². The van der Waals surface area contributed by atoms with Crippen LogP contribution in [0.1, 0.15) is 6.92 Å². The second-order valence-corrected chi connectivity index (χ2v) is 4.77. The van der Waals surface area contributed by atoms with Crippen LogP contribution in [0, 0.1) is 0 Å². The fraction of sp³-hybridized carbons (Fsp3) is 0.778. The lowest BCUT2D eigenvalue weighted by atomic mass is 9.99. The van der Waals surface area contributed by atoms with Gasteiger partial charge in [-0.3, -0.25) is 4.79 Å². The molecule has 0 aromatic heterocycles. The summed E-state index contributed by atoms with van der Waals surface area (Å²) >= 11 is 2.77. The minimum absolute atomic E-state index is 0.821. The van der Waals surface area contributed by atoms with E-state index < -0.39 is 41.1 Å². The first-order chi connectivity index (χ1) is 8.23. The van der Waals surface area contributed by atoms with Crippen molar-refractivity contribution in [2.75, 3.05) is 7.11 Å². The van der Waals surface area contributed by atoms with Crippen LogP contribution in [0.15, 0.2) is 0 Å². The molecule has 1 heterocycles. The first-order valence-corrected chi connectivity index (χ1v) is 5.70. The molecule has 9 heteroatoms. The summed E-state index contributed by atoms with van der Waals surface area (Å²) in [7, 11) is 1.05. The molecule has 0 unspecified atom stereocenters. The molecule has 0 saturated carbocycles. The largest absolute Gasteiger partial charge is 0.467 e. The second-order valence-electron chi connectivity index (χ2n) is 3.66. The number of hydrogen-bond acceptors (Lipinski definition) is 8. The van der Waals surface area contributed by atoms with E-state index in [1.807, 2.05) is 0 Å². The number of hydrogen-bond donors (Lipinski definition) is 3. The Bertz CT molecular complexity index is 347. The van der Waals surface area contributed by atoms with Crippen molar-refractivity contribution in [2.24, 2.45) is 0 Å². The van der Waals surface area contributed by atoms with E-state index in [0.29, 0.717) is 0 Å². The van der Waals surface area contributed by atoms with Gasteiger partial charge in [-0.1, -0.05) is 0 Å². The molecule has 5 atom stereocenters. The Morgan fingerprint density at radius 2 is 1.83 bits per heavy atom. The summed E-state index contributed by atoms with van der Waals surface area (Å²) < 4.78 is 11.9. The van der Waals surface area contributed by atoms with Gasteiger partial charge in [0.15, 0.2) is 12.2 Å². The quantitative estimate of drug-likeness (QED) is 0.403. The predicted molar refractivity (Wildman–Crippen MR) is 58.3 cm³/mol. The van der Waals surface area contributed by atoms with Crippen molar-refractivity contribution in [3.05, 3.63) is 0 Å². The van der Waals surface area contributed by atoms with E-state index >= 15 is 0 Å². The van der Waals surface area contributed by atoms with Crippen molar-refractivity contribution in [3.63, 3.8) is 0 Å². The van der Waals surface area contributed by atoms with E-state index in [-0.39, 0.29) is 0 Å². The van der Waals surface area contributed by atoms with Crippen molar-refractivity contribution in [3.8, 4) is 0 Å². The van der Waals surface area contributed by atoms with E-state index in [9.17, 15) is 24.9 Å². The average molecular weight is 329 g/mol. The summed E-state index contributed by atoms with van der Waals surface area (Å²) in [5.41, 5.74) is 0.